The van der Waals surface area contributed by atoms with Gasteiger partial charge in [0.1, 0.15) is 28.4 Å². The molecule has 6 nitrogen and oxygen atoms in total. The standard InChI is InChI=1S/C70H93NO5P2/c1-63(2,3)45-35-49-50-36-46(64(4,5)6)40-54(68(16,17)18)60(50)73-77(72-59(49)53(39-45)67(13,14)15)71-57(43-31-27-25-28-32-43)58(44-33-29-26-30-34-44)74-78-75-61-51(37-47(65(7,8)9)41-55(61)69(19,20)21)52-38-48(66(10,11)12)42-56(62(52)76-78)70(22,23)24/h25-42,57-58,71H,1-24H3/t57-,58+/m1/s1. The van der Waals surface area contributed by atoms with Crippen molar-refractivity contribution in [3.63, 3.8) is 0 Å². The van der Waals surface area contributed by atoms with Gasteiger partial charge in [0.05, 0.1) is 6.04 Å². The molecule has 0 aliphatic carbocycles. The summed E-state index contributed by atoms with van der Waals surface area (Å²) in [5.41, 5.74) is 13.0. The van der Waals surface area contributed by atoms with Crippen LogP contribution in [-0.2, 0) is 43.3 Å². The molecule has 0 aliphatic rings. The lowest BCUT2D eigenvalue weighted by Crippen LogP contribution is -2.22. The monoisotopic (exact) mass is 1090 g/mol. The second kappa shape index (κ2) is 20.5. The molecule has 1 N–H and O–H groups in total. The molecule has 0 spiro atoms. The highest BCUT2D eigenvalue weighted by molar-refractivity contribution is 7.38. The highest BCUT2D eigenvalue weighted by Gasteiger charge is 2.35. The normalized spacial score (nSPS) is 14.4. The summed E-state index contributed by atoms with van der Waals surface area (Å²) >= 11 is 0. The topological polar surface area (TPSA) is 73.8 Å². The van der Waals surface area contributed by atoms with E-state index in [1.807, 2.05) is 0 Å². The largest absolute Gasteiger partial charge is 0.408 e. The van der Waals surface area contributed by atoms with Gasteiger partial charge in [0, 0.05) is 43.8 Å². The summed E-state index contributed by atoms with van der Waals surface area (Å²) < 4.78 is 38.0. The Kier molecular flexibility index (Phi) is 15.6. The molecule has 8 rings (SSSR count). The molecular formula is C70H93NO5P2. The van der Waals surface area contributed by atoms with Crippen molar-refractivity contribution in [2.75, 3.05) is 5.09 Å². The number of rotatable bonds is 7. The SMILES string of the molecule is CC(C)(C)c1cc(C(C)(C)C)c2op(N[C@H](c3ccccc3)[C@@H](Op3oc4c(C(C)(C)C)cc(C(C)(C)C)cc4c4cc(C(C)(C)C)cc(C(C)(C)C)c4o3)c3ccccc3)oc3c(C(C)(C)C)cc(C(C)(C)C)cc3c2c1. The fourth-order valence-corrected chi connectivity index (χ4v) is 12.9. The van der Waals surface area contributed by atoms with E-state index in [2.05, 4.69) is 280 Å². The van der Waals surface area contributed by atoms with Gasteiger partial charge in [-0.1, -0.05) is 251 Å². The van der Waals surface area contributed by atoms with E-state index in [9.17, 15) is 0 Å². The smallest absolute Gasteiger partial charge is 0.388 e. The Morgan fingerprint density at radius 1 is 0.333 bits per heavy atom. The van der Waals surface area contributed by atoms with Crippen LogP contribution in [0.5, 0.6) is 0 Å². The van der Waals surface area contributed by atoms with E-state index in [1.54, 1.807) is 0 Å². The molecule has 418 valence electrons. The highest BCUT2D eigenvalue weighted by Crippen LogP contribution is 2.51. The van der Waals surface area contributed by atoms with Crippen LogP contribution in [0.2, 0.25) is 0 Å². The summed E-state index contributed by atoms with van der Waals surface area (Å²) in [5.74, 6) is 0. The van der Waals surface area contributed by atoms with Crippen molar-refractivity contribution in [1.82, 2.24) is 0 Å². The lowest BCUT2D eigenvalue weighted by atomic mass is 9.77. The maximum atomic E-state index is 7.75. The average molecular weight is 1090 g/mol. The summed E-state index contributed by atoms with van der Waals surface area (Å²) in [4.78, 5) is 0. The second-order valence-electron chi connectivity index (χ2n) is 30.4. The second-order valence-corrected chi connectivity index (χ2v) is 32.6. The van der Waals surface area contributed by atoms with Gasteiger partial charge in [-0.05, 0) is 101 Å². The highest BCUT2D eigenvalue weighted by atomic mass is 31.1. The molecule has 2 atom stereocenters. The van der Waals surface area contributed by atoms with Gasteiger partial charge in [-0.2, -0.15) is 0 Å². The Balaban J connectivity index is 1.51. The summed E-state index contributed by atoms with van der Waals surface area (Å²) in [6.07, 6.45) is -0.670. The van der Waals surface area contributed by atoms with Crippen molar-refractivity contribution in [2.24, 2.45) is 0 Å². The number of hydrogen-bond donors (Lipinski definition) is 1. The molecular weight excluding hydrogens is 997 g/mol. The zero-order chi connectivity index (χ0) is 57.7. The van der Waals surface area contributed by atoms with Crippen molar-refractivity contribution < 1.29 is 21.3 Å². The van der Waals surface area contributed by atoms with Crippen LogP contribution in [0.1, 0.15) is 234 Å². The first-order valence-electron chi connectivity index (χ1n) is 28.3. The molecule has 78 heavy (non-hydrogen) atoms. The Labute approximate surface area is 470 Å². The third-order valence-corrected chi connectivity index (χ3v) is 17.6. The van der Waals surface area contributed by atoms with Gasteiger partial charge in [-0.15, -0.1) is 0 Å². The first kappa shape index (κ1) is 59.2. The van der Waals surface area contributed by atoms with Gasteiger partial charge in [0.25, 0.3) is 0 Å². The zero-order valence-electron chi connectivity index (χ0n) is 52.0. The van der Waals surface area contributed by atoms with Crippen LogP contribution in [-0.4, -0.2) is 0 Å². The molecule has 0 unspecified atom stereocenters. The van der Waals surface area contributed by atoms with Crippen LogP contribution >= 0.6 is 16.4 Å². The van der Waals surface area contributed by atoms with Gasteiger partial charge in [0.15, 0.2) is 0 Å². The average Bonchev–Trinajstić information content (AvgIpc) is 3.77. The summed E-state index contributed by atoms with van der Waals surface area (Å²) in [7, 11) is -4.11. The number of nitrogens with one attached hydrogen (secondary N) is 1. The van der Waals surface area contributed by atoms with E-state index in [0.29, 0.717) is 0 Å². The van der Waals surface area contributed by atoms with Crippen LogP contribution in [0.15, 0.2) is 126 Å². The molecule has 0 radical (unpaired) electrons. The van der Waals surface area contributed by atoms with E-state index in [4.69, 9.17) is 21.3 Å². The fourth-order valence-electron chi connectivity index (χ4n) is 10.3. The summed E-state index contributed by atoms with van der Waals surface area (Å²) in [6, 6.07) is 39.4. The molecule has 0 amide bonds. The Morgan fingerprint density at radius 3 is 0.872 bits per heavy atom. The molecule has 0 aliphatic heterocycles. The van der Waals surface area contributed by atoms with Gasteiger partial charge in [0.2, 0.25) is 0 Å². The van der Waals surface area contributed by atoms with Crippen molar-refractivity contribution in [1.29, 1.82) is 0 Å². The predicted molar refractivity (Wildman–Crippen MR) is 337 cm³/mol. The molecule has 2 heterocycles. The molecule has 0 fully saturated rings. The Hall–Kier alpha value is -4.96. The maximum absolute atomic E-state index is 7.75. The van der Waals surface area contributed by atoms with Crippen LogP contribution in [0.25, 0.3) is 43.9 Å². The van der Waals surface area contributed by atoms with Crippen LogP contribution < -0.4 is 9.61 Å². The minimum Gasteiger partial charge on any atom is -0.408 e. The third kappa shape index (κ3) is 12.5. The molecule has 2 aromatic heterocycles. The number of hydrogen-bond acceptors (Lipinski definition) is 6. The number of benzene rings is 6. The van der Waals surface area contributed by atoms with Crippen molar-refractivity contribution in [2.45, 2.75) is 222 Å². The van der Waals surface area contributed by atoms with Gasteiger partial charge >= 0.3 is 16.4 Å². The lowest BCUT2D eigenvalue weighted by Gasteiger charge is -2.27. The maximum Gasteiger partial charge on any atom is 0.388 e. The van der Waals surface area contributed by atoms with Crippen molar-refractivity contribution in [3.8, 4) is 0 Å². The van der Waals surface area contributed by atoms with Gasteiger partial charge in [-0.3, -0.25) is 4.52 Å². The van der Waals surface area contributed by atoms with Gasteiger partial charge in [-0.25, -0.2) is 5.09 Å². The molecule has 8 heteroatoms. The van der Waals surface area contributed by atoms with E-state index >= 15 is 0 Å². The van der Waals surface area contributed by atoms with Crippen LogP contribution in [0.4, 0.5) is 0 Å². The van der Waals surface area contributed by atoms with Crippen LogP contribution in [0, 0.1) is 0 Å². The minimum atomic E-state index is -2.16. The first-order chi connectivity index (χ1) is 35.7. The molecule has 0 saturated heterocycles. The quantitative estimate of drug-likeness (QED) is 0.171. The van der Waals surface area contributed by atoms with E-state index in [1.165, 1.54) is 22.3 Å². The van der Waals surface area contributed by atoms with Crippen molar-refractivity contribution >= 4 is 60.3 Å². The Bertz CT molecular complexity index is 3160. The minimum absolute atomic E-state index is 0.130. The van der Waals surface area contributed by atoms with E-state index < -0.39 is 28.6 Å². The molecule has 0 bridgehead atoms. The zero-order valence-corrected chi connectivity index (χ0v) is 53.8. The predicted octanol–water partition coefficient (Wildman–Crippen LogP) is 22.4. The van der Waals surface area contributed by atoms with Crippen LogP contribution in [0.3, 0.4) is 0 Å². The van der Waals surface area contributed by atoms with Crippen molar-refractivity contribution in [3.05, 3.63) is 165 Å². The fraction of sp³-hybridized carbons (Fsp3) is 0.486. The molecule has 6 aromatic carbocycles. The van der Waals surface area contributed by atoms with Gasteiger partial charge < -0.3 is 16.8 Å². The Morgan fingerprint density at radius 2 is 0.603 bits per heavy atom. The first-order valence-corrected chi connectivity index (χ1v) is 30.6. The van der Waals surface area contributed by atoms with E-state index in [-0.39, 0.29) is 43.3 Å². The third-order valence-electron chi connectivity index (χ3n) is 15.3. The summed E-state index contributed by atoms with van der Waals surface area (Å²) in [5, 5.41) is 8.24. The van der Waals surface area contributed by atoms with E-state index in [0.717, 1.165) is 77.3 Å². The number of fused-ring (bicyclic) bond motifs is 6. The molecule has 8 aromatic rings. The summed E-state index contributed by atoms with van der Waals surface area (Å²) in [6.45, 7) is 54.9. The lowest BCUT2D eigenvalue weighted by molar-refractivity contribution is 0.236. The molecule has 0 saturated carbocycles.